The molecular weight excluding hydrogens is 546 g/mol. The van der Waals surface area contributed by atoms with Crippen LogP contribution in [0.2, 0.25) is 0 Å². The first kappa shape index (κ1) is 30.7. The Morgan fingerprint density at radius 2 is 1.50 bits per heavy atom. The molecule has 7 heteroatoms. The van der Waals surface area contributed by atoms with Gasteiger partial charge in [0.2, 0.25) is 5.91 Å². The number of anilines is 1. The molecule has 0 aliphatic heterocycles. The maximum Gasteiger partial charge on any atom is 0.346 e. The molecule has 0 fully saturated rings. The lowest BCUT2D eigenvalue weighted by Gasteiger charge is -2.19. The summed E-state index contributed by atoms with van der Waals surface area (Å²) in [6.45, 7) is 9.65. The van der Waals surface area contributed by atoms with Crippen LogP contribution in [-0.2, 0) is 42.6 Å². The molecule has 0 unspecified atom stereocenters. The van der Waals surface area contributed by atoms with E-state index in [2.05, 4.69) is 79.6 Å². The van der Waals surface area contributed by atoms with Crippen molar-refractivity contribution in [1.29, 1.82) is 0 Å². The molecule has 0 radical (unpaired) electrons. The highest BCUT2D eigenvalue weighted by Crippen LogP contribution is 2.23. The van der Waals surface area contributed by atoms with Crippen molar-refractivity contribution >= 4 is 11.7 Å². The quantitative estimate of drug-likeness (QED) is 0.184. The van der Waals surface area contributed by atoms with E-state index in [1.54, 1.807) is 15.3 Å². The van der Waals surface area contributed by atoms with Gasteiger partial charge in [0.1, 0.15) is 11.6 Å². The average molecular weight is 588 g/mol. The van der Waals surface area contributed by atoms with E-state index in [1.807, 2.05) is 49.4 Å². The lowest BCUT2D eigenvalue weighted by Crippen LogP contribution is -2.25. The van der Waals surface area contributed by atoms with Gasteiger partial charge in [0.15, 0.2) is 0 Å². The molecule has 0 atom stereocenters. The molecule has 226 valence electrons. The highest BCUT2D eigenvalue weighted by molar-refractivity contribution is 5.91. The van der Waals surface area contributed by atoms with Gasteiger partial charge in [0.25, 0.3) is 0 Å². The highest BCUT2D eigenvalue weighted by atomic mass is 16.2. The zero-order chi connectivity index (χ0) is 31.1. The van der Waals surface area contributed by atoms with Crippen molar-refractivity contribution in [2.75, 3.05) is 5.32 Å². The minimum absolute atomic E-state index is 0.0577. The Bertz CT molecular complexity index is 1750. The summed E-state index contributed by atoms with van der Waals surface area (Å²) in [5.74, 6) is 1.27. The minimum Gasteiger partial charge on any atom is -0.310 e. The maximum atomic E-state index is 13.1. The van der Waals surface area contributed by atoms with E-state index < -0.39 is 0 Å². The van der Waals surface area contributed by atoms with Crippen LogP contribution in [0.5, 0.6) is 0 Å². The lowest BCUT2D eigenvalue weighted by atomic mass is 9.87. The standard InChI is InChI=1S/C37H41N5O2/c1-5-41-34(40-42(36(41)44)26-29-19-23-31(24-20-29)37(2,3)4)16-9-13-27-17-21-30(22-18-27)32-14-10-15-33(38-32)39-35(43)25-28-11-7-6-8-12-28/h6-8,10-12,14-15,17-24H,5,9,13,16,25-26H2,1-4H3,(H,38,39,43). The number of aromatic nitrogens is 4. The normalized spacial score (nSPS) is 11.5. The molecule has 7 nitrogen and oxygen atoms in total. The van der Waals surface area contributed by atoms with Gasteiger partial charge in [-0.1, -0.05) is 106 Å². The second kappa shape index (κ2) is 13.7. The van der Waals surface area contributed by atoms with Crippen molar-refractivity contribution in [1.82, 2.24) is 19.3 Å². The summed E-state index contributed by atoms with van der Waals surface area (Å²) >= 11 is 0. The second-order valence-corrected chi connectivity index (χ2v) is 12.2. The maximum absolute atomic E-state index is 13.1. The number of amides is 1. The molecule has 0 aliphatic carbocycles. The molecule has 1 N–H and O–H groups in total. The SMILES string of the molecule is CCn1c(CCCc2ccc(-c3cccc(NC(=O)Cc4ccccc4)n3)cc2)nn(Cc2ccc(C(C)(C)C)cc2)c1=O. The van der Waals surface area contributed by atoms with Crippen molar-refractivity contribution in [3.05, 3.63) is 136 Å². The summed E-state index contributed by atoms with van der Waals surface area (Å²) < 4.78 is 3.37. The minimum atomic E-state index is -0.0933. The van der Waals surface area contributed by atoms with Crippen molar-refractivity contribution in [3.63, 3.8) is 0 Å². The molecule has 0 aliphatic rings. The molecule has 44 heavy (non-hydrogen) atoms. The molecule has 5 aromatic rings. The fourth-order valence-electron chi connectivity index (χ4n) is 5.30. The van der Waals surface area contributed by atoms with Crippen LogP contribution >= 0.6 is 0 Å². The number of nitrogens with zero attached hydrogens (tertiary/aromatic N) is 4. The zero-order valence-electron chi connectivity index (χ0n) is 26.1. The molecule has 0 saturated heterocycles. The summed E-state index contributed by atoms with van der Waals surface area (Å²) in [5, 5.41) is 7.62. The zero-order valence-corrected chi connectivity index (χ0v) is 26.1. The molecule has 2 heterocycles. The molecule has 0 saturated carbocycles. The smallest absolute Gasteiger partial charge is 0.310 e. The van der Waals surface area contributed by atoms with Crippen LogP contribution in [-0.4, -0.2) is 25.2 Å². The summed E-state index contributed by atoms with van der Waals surface area (Å²) in [4.78, 5) is 30.2. The van der Waals surface area contributed by atoms with Gasteiger partial charge in [-0.2, -0.15) is 5.10 Å². The van der Waals surface area contributed by atoms with E-state index in [0.717, 1.165) is 47.5 Å². The number of hydrogen-bond donors (Lipinski definition) is 1. The topological polar surface area (TPSA) is 81.8 Å². The second-order valence-electron chi connectivity index (χ2n) is 12.2. The Balaban J connectivity index is 1.17. The van der Waals surface area contributed by atoms with E-state index in [1.165, 1.54) is 11.1 Å². The molecule has 0 spiro atoms. The van der Waals surface area contributed by atoms with Crippen LogP contribution in [0.15, 0.2) is 102 Å². The Hall–Kier alpha value is -4.78. The van der Waals surface area contributed by atoms with E-state index in [4.69, 9.17) is 5.10 Å². The lowest BCUT2D eigenvalue weighted by molar-refractivity contribution is -0.115. The summed E-state index contributed by atoms with van der Waals surface area (Å²) in [5.41, 5.74) is 6.35. The molecule has 5 rings (SSSR count). The highest BCUT2D eigenvalue weighted by Gasteiger charge is 2.15. The van der Waals surface area contributed by atoms with Crippen LogP contribution in [0.1, 0.15) is 62.2 Å². The first-order valence-corrected chi connectivity index (χ1v) is 15.4. The molecule has 3 aromatic carbocycles. The number of benzene rings is 3. The van der Waals surface area contributed by atoms with Crippen molar-refractivity contribution < 1.29 is 4.79 Å². The molecular formula is C37H41N5O2. The Morgan fingerprint density at radius 1 is 0.795 bits per heavy atom. The number of carbonyl (C=O) groups excluding carboxylic acids is 1. The third kappa shape index (κ3) is 7.78. The van der Waals surface area contributed by atoms with Crippen LogP contribution < -0.4 is 11.0 Å². The summed E-state index contributed by atoms with van der Waals surface area (Å²) in [7, 11) is 0. The van der Waals surface area contributed by atoms with E-state index in [0.29, 0.717) is 25.3 Å². The number of carbonyl (C=O) groups is 1. The monoisotopic (exact) mass is 587 g/mol. The predicted molar refractivity (Wildman–Crippen MR) is 177 cm³/mol. The van der Waals surface area contributed by atoms with Gasteiger partial charge in [-0.25, -0.2) is 14.5 Å². The van der Waals surface area contributed by atoms with Gasteiger partial charge in [-0.05, 0) is 59.6 Å². The number of hydrogen-bond acceptors (Lipinski definition) is 4. The van der Waals surface area contributed by atoms with Gasteiger partial charge in [0.05, 0.1) is 18.7 Å². The fourth-order valence-corrected chi connectivity index (χ4v) is 5.30. The summed E-state index contributed by atoms with van der Waals surface area (Å²) in [6.07, 6.45) is 2.80. The fraction of sp³-hybridized carbons (Fsp3) is 0.297. The Morgan fingerprint density at radius 3 is 2.18 bits per heavy atom. The van der Waals surface area contributed by atoms with Crippen LogP contribution in [0.4, 0.5) is 5.82 Å². The van der Waals surface area contributed by atoms with Gasteiger partial charge < -0.3 is 5.32 Å². The third-order valence-corrected chi connectivity index (χ3v) is 7.81. The predicted octanol–water partition coefficient (Wildman–Crippen LogP) is 6.83. The number of aryl methyl sites for hydroxylation is 2. The van der Waals surface area contributed by atoms with E-state index >= 15 is 0 Å². The number of rotatable bonds is 11. The third-order valence-electron chi connectivity index (χ3n) is 7.81. The van der Waals surface area contributed by atoms with Gasteiger partial charge in [0, 0.05) is 18.5 Å². The summed E-state index contributed by atoms with van der Waals surface area (Å²) in [6, 6.07) is 32.2. The Labute approximate surface area is 259 Å². The van der Waals surface area contributed by atoms with E-state index in [9.17, 15) is 9.59 Å². The van der Waals surface area contributed by atoms with Crippen LogP contribution in [0.25, 0.3) is 11.3 Å². The van der Waals surface area contributed by atoms with Crippen LogP contribution in [0, 0.1) is 0 Å². The molecule has 0 bridgehead atoms. The average Bonchev–Trinajstić information content (AvgIpc) is 3.31. The van der Waals surface area contributed by atoms with Gasteiger partial charge in [-0.3, -0.25) is 9.36 Å². The van der Waals surface area contributed by atoms with Gasteiger partial charge >= 0.3 is 5.69 Å². The van der Waals surface area contributed by atoms with Gasteiger partial charge in [-0.15, -0.1) is 0 Å². The number of nitrogens with one attached hydrogen (secondary N) is 1. The largest absolute Gasteiger partial charge is 0.346 e. The molecule has 1 amide bonds. The Kier molecular flexibility index (Phi) is 9.53. The van der Waals surface area contributed by atoms with Crippen molar-refractivity contribution in [3.8, 4) is 11.3 Å². The van der Waals surface area contributed by atoms with Crippen molar-refractivity contribution in [2.24, 2.45) is 0 Å². The van der Waals surface area contributed by atoms with Crippen molar-refractivity contribution in [2.45, 2.75) is 71.9 Å². The van der Waals surface area contributed by atoms with Crippen LogP contribution in [0.3, 0.4) is 0 Å². The van der Waals surface area contributed by atoms with E-state index in [-0.39, 0.29) is 17.0 Å². The first-order chi connectivity index (χ1) is 21.2. The number of pyridine rings is 1. The molecule has 2 aromatic heterocycles. The first-order valence-electron chi connectivity index (χ1n) is 15.4.